The normalized spacial score (nSPS) is 24.1. The van der Waals surface area contributed by atoms with Crippen LogP contribution in [0.1, 0.15) is 59.8 Å². The van der Waals surface area contributed by atoms with Gasteiger partial charge in [0.1, 0.15) is 0 Å². The van der Waals surface area contributed by atoms with Crippen molar-refractivity contribution in [1.82, 2.24) is 4.90 Å². The molecule has 1 atom stereocenters. The summed E-state index contributed by atoms with van der Waals surface area (Å²) in [7, 11) is 0. The standard InChI is InChI=1S/C14H27NO/c1-5-12-9-7-6-8-10-15(12)11-13(16)14(2,3)4/h12H,5-11H2,1-4H3. The molecule has 0 amide bonds. The fraction of sp³-hybridized carbons (Fsp3) is 0.929. The highest BCUT2D eigenvalue weighted by Gasteiger charge is 2.27. The number of ketones is 1. The van der Waals surface area contributed by atoms with Gasteiger partial charge in [0, 0.05) is 11.5 Å². The number of carbonyl (C=O) groups excluding carboxylic acids is 1. The molecular weight excluding hydrogens is 198 g/mol. The number of hydrogen-bond donors (Lipinski definition) is 0. The maximum Gasteiger partial charge on any atom is 0.152 e. The first kappa shape index (κ1) is 13.7. The lowest BCUT2D eigenvalue weighted by atomic mass is 9.90. The van der Waals surface area contributed by atoms with E-state index < -0.39 is 0 Å². The zero-order chi connectivity index (χ0) is 12.2. The predicted molar refractivity (Wildman–Crippen MR) is 68.6 cm³/mol. The highest BCUT2D eigenvalue weighted by Crippen LogP contribution is 2.21. The second kappa shape index (κ2) is 5.81. The summed E-state index contributed by atoms with van der Waals surface area (Å²) in [6.45, 7) is 10.1. The maximum absolute atomic E-state index is 12.1. The Morgan fingerprint density at radius 1 is 1.25 bits per heavy atom. The molecule has 0 aliphatic carbocycles. The molecule has 1 aliphatic rings. The highest BCUT2D eigenvalue weighted by atomic mass is 16.1. The average Bonchev–Trinajstić information content (AvgIpc) is 2.41. The molecule has 94 valence electrons. The minimum atomic E-state index is -0.190. The minimum absolute atomic E-state index is 0.190. The molecule has 0 spiro atoms. The lowest BCUT2D eigenvalue weighted by molar-refractivity contribution is -0.128. The Morgan fingerprint density at radius 2 is 1.94 bits per heavy atom. The Labute approximate surface area is 100 Å². The van der Waals surface area contributed by atoms with Crippen LogP contribution in [0.5, 0.6) is 0 Å². The van der Waals surface area contributed by atoms with Crippen LogP contribution < -0.4 is 0 Å². The van der Waals surface area contributed by atoms with Crippen molar-refractivity contribution < 1.29 is 4.79 Å². The fourth-order valence-corrected chi connectivity index (χ4v) is 2.33. The van der Waals surface area contributed by atoms with Gasteiger partial charge in [-0.2, -0.15) is 0 Å². The van der Waals surface area contributed by atoms with E-state index in [2.05, 4.69) is 11.8 Å². The van der Waals surface area contributed by atoms with Gasteiger partial charge in [0.25, 0.3) is 0 Å². The first-order valence-corrected chi connectivity index (χ1v) is 6.72. The Kier molecular flexibility index (Phi) is 4.97. The number of rotatable bonds is 3. The molecule has 1 fully saturated rings. The van der Waals surface area contributed by atoms with Crippen molar-refractivity contribution in [2.45, 2.75) is 65.8 Å². The van der Waals surface area contributed by atoms with Crippen LogP contribution in [0.3, 0.4) is 0 Å². The van der Waals surface area contributed by atoms with Crippen LogP contribution in [0.2, 0.25) is 0 Å². The quantitative estimate of drug-likeness (QED) is 0.735. The lowest BCUT2D eigenvalue weighted by Gasteiger charge is -2.30. The summed E-state index contributed by atoms with van der Waals surface area (Å²) in [5.41, 5.74) is -0.190. The van der Waals surface area contributed by atoms with Crippen molar-refractivity contribution in [3.8, 4) is 0 Å². The van der Waals surface area contributed by atoms with Crippen molar-refractivity contribution in [1.29, 1.82) is 0 Å². The first-order chi connectivity index (χ1) is 7.45. The summed E-state index contributed by atoms with van der Waals surface area (Å²) in [6, 6.07) is 0.633. The Bertz CT molecular complexity index is 229. The van der Waals surface area contributed by atoms with E-state index in [1.54, 1.807) is 0 Å². The van der Waals surface area contributed by atoms with Gasteiger partial charge in [-0.1, -0.05) is 40.5 Å². The van der Waals surface area contributed by atoms with Crippen molar-refractivity contribution in [2.75, 3.05) is 13.1 Å². The van der Waals surface area contributed by atoms with Crippen molar-refractivity contribution in [3.05, 3.63) is 0 Å². The topological polar surface area (TPSA) is 20.3 Å². The van der Waals surface area contributed by atoms with E-state index in [1.807, 2.05) is 20.8 Å². The smallest absolute Gasteiger partial charge is 0.152 e. The molecule has 2 heteroatoms. The van der Waals surface area contributed by atoms with Crippen LogP contribution in [0.25, 0.3) is 0 Å². The van der Waals surface area contributed by atoms with Gasteiger partial charge in [-0.3, -0.25) is 9.69 Å². The van der Waals surface area contributed by atoms with Crippen LogP contribution in [-0.4, -0.2) is 29.8 Å². The summed E-state index contributed by atoms with van der Waals surface area (Å²) in [6.07, 6.45) is 6.37. The highest BCUT2D eigenvalue weighted by molar-refractivity contribution is 5.85. The van der Waals surface area contributed by atoms with E-state index in [0.717, 1.165) is 6.54 Å². The van der Waals surface area contributed by atoms with Gasteiger partial charge in [-0.05, 0) is 25.8 Å². The van der Waals surface area contributed by atoms with Crippen LogP contribution in [-0.2, 0) is 4.79 Å². The van der Waals surface area contributed by atoms with Gasteiger partial charge in [-0.25, -0.2) is 0 Å². The monoisotopic (exact) mass is 225 g/mol. The Morgan fingerprint density at radius 3 is 2.50 bits per heavy atom. The first-order valence-electron chi connectivity index (χ1n) is 6.72. The number of Topliss-reactive ketones (excluding diaryl/α,β-unsaturated/α-hetero) is 1. The molecule has 0 aromatic carbocycles. The largest absolute Gasteiger partial charge is 0.298 e. The van der Waals surface area contributed by atoms with Gasteiger partial charge < -0.3 is 0 Å². The molecule has 1 rings (SSSR count). The lowest BCUT2D eigenvalue weighted by Crippen LogP contribution is -2.41. The van der Waals surface area contributed by atoms with Crippen molar-refractivity contribution in [2.24, 2.45) is 5.41 Å². The van der Waals surface area contributed by atoms with E-state index in [1.165, 1.54) is 32.1 Å². The predicted octanol–water partition coefficient (Wildman–Crippen LogP) is 3.26. The van der Waals surface area contributed by atoms with Gasteiger partial charge in [0.05, 0.1) is 6.54 Å². The minimum Gasteiger partial charge on any atom is -0.298 e. The maximum atomic E-state index is 12.1. The average molecular weight is 225 g/mol. The molecule has 2 nitrogen and oxygen atoms in total. The molecule has 0 N–H and O–H groups in total. The van der Waals surface area contributed by atoms with Crippen molar-refractivity contribution in [3.63, 3.8) is 0 Å². The third-order valence-corrected chi connectivity index (χ3v) is 3.65. The third kappa shape index (κ3) is 3.89. The van der Waals surface area contributed by atoms with Crippen LogP contribution >= 0.6 is 0 Å². The second-order valence-corrected chi connectivity index (χ2v) is 6.06. The zero-order valence-corrected chi connectivity index (χ0v) is 11.4. The van der Waals surface area contributed by atoms with Crippen molar-refractivity contribution >= 4 is 5.78 Å². The molecule has 0 aromatic rings. The number of carbonyl (C=O) groups is 1. The number of likely N-dealkylation sites (tertiary alicyclic amines) is 1. The summed E-state index contributed by atoms with van der Waals surface area (Å²) >= 11 is 0. The van der Waals surface area contributed by atoms with Gasteiger partial charge in [0.2, 0.25) is 0 Å². The Hall–Kier alpha value is -0.370. The molecule has 0 saturated carbocycles. The molecule has 1 saturated heterocycles. The van der Waals surface area contributed by atoms with Crippen LogP contribution in [0.15, 0.2) is 0 Å². The molecule has 1 aliphatic heterocycles. The summed E-state index contributed by atoms with van der Waals surface area (Å²) in [5.74, 6) is 0.382. The SMILES string of the molecule is CCC1CCCCCN1CC(=O)C(C)(C)C. The van der Waals surface area contributed by atoms with Gasteiger partial charge in [-0.15, -0.1) is 0 Å². The second-order valence-electron chi connectivity index (χ2n) is 6.06. The van der Waals surface area contributed by atoms with Gasteiger partial charge >= 0.3 is 0 Å². The molecular formula is C14H27NO. The molecule has 1 unspecified atom stereocenters. The molecule has 1 heterocycles. The van der Waals surface area contributed by atoms with E-state index in [4.69, 9.17) is 0 Å². The summed E-state index contributed by atoms with van der Waals surface area (Å²) in [5, 5.41) is 0. The van der Waals surface area contributed by atoms with E-state index >= 15 is 0 Å². The summed E-state index contributed by atoms with van der Waals surface area (Å²) < 4.78 is 0. The number of nitrogens with zero attached hydrogens (tertiary/aromatic N) is 1. The van der Waals surface area contributed by atoms with E-state index in [-0.39, 0.29) is 5.41 Å². The zero-order valence-electron chi connectivity index (χ0n) is 11.4. The molecule has 0 bridgehead atoms. The Balaban J connectivity index is 2.58. The molecule has 0 aromatic heterocycles. The van der Waals surface area contributed by atoms with E-state index in [9.17, 15) is 4.79 Å². The fourth-order valence-electron chi connectivity index (χ4n) is 2.33. The number of hydrogen-bond acceptors (Lipinski definition) is 2. The molecule has 16 heavy (non-hydrogen) atoms. The van der Waals surface area contributed by atoms with Gasteiger partial charge in [0.15, 0.2) is 5.78 Å². The van der Waals surface area contributed by atoms with Crippen LogP contribution in [0, 0.1) is 5.41 Å². The van der Waals surface area contributed by atoms with E-state index in [0.29, 0.717) is 18.4 Å². The van der Waals surface area contributed by atoms with Crippen LogP contribution in [0.4, 0.5) is 0 Å². The third-order valence-electron chi connectivity index (χ3n) is 3.65. The summed E-state index contributed by atoms with van der Waals surface area (Å²) in [4.78, 5) is 14.5. The molecule has 0 radical (unpaired) electrons.